The van der Waals surface area contributed by atoms with Gasteiger partial charge in [-0.1, -0.05) is 26.7 Å². The number of carboxylic acids is 1. The lowest BCUT2D eigenvalue weighted by Gasteiger charge is -2.34. The summed E-state index contributed by atoms with van der Waals surface area (Å²) in [6.07, 6.45) is 2.55. The van der Waals surface area contributed by atoms with Gasteiger partial charge in [0.25, 0.3) is 0 Å². The van der Waals surface area contributed by atoms with Crippen molar-refractivity contribution >= 4 is 21.9 Å². The van der Waals surface area contributed by atoms with Crippen molar-refractivity contribution in [1.82, 2.24) is 9.21 Å². The summed E-state index contributed by atoms with van der Waals surface area (Å²) in [7, 11) is -3.68. The standard InChI is InChI=1S/C18H26N2O5S/c1-3-4-14(2)13-17(21)19-9-11-20(12-10-19)26(24,25)16-7-5-15(6-8-16)18(22)23/h5-8,14H,3-4,9-13H2,1-2H3,(H,22,23). The summed E-state index contributed by atoms with van der Waals surface area (Å²) >= 11 is 0. The minimum absolute atomic E-state index is 0.0422. The molecule has 1 heterocycles. The van der Waals surface area contributed by atoms with E-state index in [1.54, 1.807) is 4.90 Å². The van der Waals surface area contributed by atoms with Crippen LogP contribution in [0.3, 0.4) is 0 Å². The zero-order valence-corrected chi connectivity index (χ0v) is 16.0. The van der Waals surface area contributed by atoms with Crippen molar-refractivity contribution in [2.75, 3.05) is 26.2 Å². The van der Waals surface area contributed by atoms with Crippen molar-refractivity contribution in [3.8, 4) is 0 Å². The molecule has 1 fully saturated rings. The summed E-state index contributed by atoms with van der Waals surface area (Å²) in [5.74, 6) is -0.686. The smallest absolute Gasteiger partial charge is 0.335 e. The third-order valence-electron chi connectivity index (χ3n) is 4.63. The minimum Gasteiger partial charge on any atom is -0.478 e. The summed E-state index contributed by atoms with van der Waals surface area (Å²) in [6.45, 7) is 5.40. The molecular formula is C18H26N2O5S. The highest BCUT2D eigenvalue weighted by atomic mass is 32.2. The molecule has 7 nitrogen and oxygen atoms in total. The van der Waals surface area contributed by atoms with Crippen LogP contribution in [0.5, 0.6) is 0 Å². The fourth-order valence-corrected chi connectivity index (χ4v) is 4.54. The number of carbonyl (C=O) groups is 2. The Morgan fingerprint density at radius 1 is 1.12 bits per heavy atom. The number of sulfonamides is 1. The first-order valence-electron chi connectivity index (χ1n) is 8.87. The lowest BCUT2D eigenvalue weighted by molar-refractivity contribution is -0.133. The van der Waals surface area contributed by atoms with Crippen LogP contribution >= 0.6 is 0 Å². The number of amides is 1. The number of carboxylic acid groups (broad SMARTS) is 1. The Morgan fingerprint density at radius 3 is 2.19 bits per heavy atom. The largest absolute Gasteiger partial charge is 0.478 e. The van der Waals surface area contributed by atoms with Crippen molar-refractivity contribution in [3.05, 3.63) is 29.8 Å². The van der Waals surface area contributed by atoms with Crippen molar-refractivity contribution in [2.24, 2.45) is 5.92 Å². The van der Waals surface area contributed by atoms with E-state index in [1.807, 2.05) is 0 Å². The van der Waals surface area contributed by atoms with Gasteiger partial charge in [-0.25, -0.2) is 13.2 Å². The SMILES string of the molecule is CCCC(C)CC(=O)N1CCN(S(=O)(=O)c2ccc(C(=O)O)cc2)CC1. The van der Waals surface area contributed by atoms with Gasteiger partial charge in [0.1, 0.15) is 0 Å². The normalized spacial score (nSPS) is 17.1. The molecule has 26 heavy (non-hydrogen) atoms. The van der Waals surface area contributed by atoms with Crippen LogP contribution < -0.4 is 0 Å². The predicted octanol–water partition coefficient (Wildman–Crippen LogP) is 2.04. The topological polar surface area (TPSA) is 95.0 Å². The molecule has 1 aromatic rings. The molecule has 144 valence electrons. The second-order valence-electron chi connectivity index (χ2n) is 6.71. The minimum atomic E-state index is -3.68. The predicted molar refractivity (Wildman–Crippen MR) is 97.4 cm³/mol. The first-order chi connectivity index (χ1) is 12.3. The molecule has 1 N–H and O–H groups in total. The number of rotatable bonds is 7. The van der Waals surface area contributed by atoms with Gasteiger partial charge in [-0.15, -0.1) is 0 Å². The van der Waals surface area contributed by atoms with Crippen molar-refractivity contribution in [1.29, 1.82) is 0 Å². The van der Waals surface area contributed by atoms with Crippen LogP contribution in [0.4, 0.5) is 0 Å². The van der Waals surface area contributed by atoms with Gasteiger partial charge in [0.15, 0.2) is 0 Å². The Labute approximate surface area is 154 Å². The molecule has 2 rings (SSSR count). The molecule has 1 aliphatic heterocycles. The Morgan fingerprint density at radius 2 is 1.69 bits per heavy atom. The maximum Gasteiger partial charge on any atom is 0.335 e. The van der Waals surface area contributed by atoms with Crippen LogP contribution in [-0.4, -0.2) is 60.8 Å². The molecule has 0 aliphatic carbocycles. The van der Waals surface area contributed by atoms with Gasteiger partial charge in [0.2, 0.25) is 15.9 Å². The van der Waals surface area contributed by atoms with Crippen LogP contribution in [0.2, 0.25) is 0 Å². The van der Waals surface area contributed by atoms with Crippen LogP contribution in [0, 0.1) is 5.92 Å². The third-order valence-corrected chi connectivity index (χ3v) is 6.55. The molecule has 8 heteroatoms. The van der Waals surface area contributed by atoms with Crippen LogP contribution in [0.25, 0.3) is 0 Å². The van der Waals surface area contributed by atoms with Gasteiger partial charge in [-0.05, 0) is 30.2 Å². The molecule has 0 saturated carbocycles. The number of nitrogens with zero attached hydrogens (tertiary/aromatic N) is 2. The number of carbonyl (C=O) groups excluding carboxylic acids is 1. The molecule has 1 saturated heterocycles. The monoisotopic (exact) mass is 382 g/mol. The second kappa shape index (κ2) is 8.64. The maximum atomic E-state index is 12.7. The number of hydrogen-bond donors (Lipinski definition) is 1. The maximum absolute atomic E-state index is 12.7. The average molecular weight is 382 g/mol. The first kappa shape index (κ1) is 20.4. The fraction of sp³-hybridized carbons (Fsp3) is 0.556. The van der Waals surface area contributed by atoms with E-state index < -0.39 is 16.0 Å². The highest BCUT2D eigenvalue weighted by Crippen LogP contribution is 2.19. The van der Waals surface area contributed by atoms with Crippen LogP contribution in [0.15, 0.2) is 29.2 Å². The molecule has 1 atom stereocenters. The Bertz CT molecular complexity index is 737. The zero-order valence-electron chi connectivity index (χ0n) is 15.2. The molecule has 1 aromatic carbocycles. The molecule has 0 radical (unpaired) electrons. The summed E-state index contributed by atoms with van der Waals surface area (Å²) in [5.41, 5.74) is 0.0422. The zero-order chi connectivity index (χ0) is 19.3. The molecule has 0 bridgehead atoms. The summed E-state index contributed by atoms with van der Waals surface area (Å²) in [5, 5.41) is 8.91. The number of benzene rings is 1. The van der Waals surface area contributed by atoms with Gasteiger partial charge in [0.05, 0.1) is 10.5 Å². The second-order valence-corrected chi connectivity index (χ2v) is 8.65. The third kappa shape index (κ3) is 4.82. The molecule has 1 unspecified atom stereocenters. The van der Waals surface area contributed by atoms with E-state index in [0.29, 0.717) is 25.4 Å². The Hall–Kier alpha value is -1.93. The lowest BCUT2D eigenvalue weighted by Crippen LogP contribution is -2.50. The van der Waals surface area contributed by atoms with E-state index in [-0.39, 0.29) is 29.5 Å². The number of hydrogen-bond acceptors (Lipinski definition) is 4. The fourth-order valence-electron chi connectivity index (χ4n) is 3.12. The van der Waals surface area contributed by atoms with E-state index in [2.05, 4.69) is 13.8 Å². The van der Waals surface area contributed by atoms with Gasteiger partial charge in [-0.3, -0.25) is 4.79 Å². The summed E-state index contributed by atoms with van der Waals surface area (Å²) in [4.78, 5) is 25.0. The highest BCUT2D eigenvalue weighted by molar-refractivity contribution is 7.89. The van der Waals surface area contributed by atoms with Crippen LogP contribution in [0.1, 0.15) is 43.5 Å². The number of aromatic carboxylic acids is 1. The van der Waals surface area contributed by atoms with E-state index in [1.165, 1.54) is 28.6 Å². The summed E-state index contributed by atoms with van der Waals surface area (Å²) in [6, 6.07) is 5.18. The molecular weight excluding hydrogens is 356 g/mol. The lowest BCUT2D eigenvalue weighted by atomic mass is 10.0. The van der Waals surface area contributed by atoms with Gasteiger partial charge in [-0.2, -0.15) is 4.31 Å². The quantitative estimate of drug-likeness (QED) is 0.779. The number of piperazine rings is 1. The molecule has 1 amide bonds. The summed E-state index contributed by atoms with van der Waals surface area (Å²) < 4.78 is 26.7. The van der Waals surface area contributed by atoms with Gasteiger partial charge < -0.3 is 10.0 Å². The van der Waals surface area contributed by atoms with Gasteiger partial charge in [0, 0.05) is 32.6 Å². The molecule has 1 aliphatic rings. The van der Waals surface area contributed by atoms with E-state index in [4.69, 9.17) is 5.11 Å². The van der Waals surface area contributed by atoms with Crippen LogP contribution in [-0.2, 0) is 14.8 Å². The van der Waals surface area contributed by atoms with Crippen molar-refractivity contribution in [2.45, 2.75) is 38.0 Å². The Kier molecular flexibility index (Phi) is 6.77. The van der Waals surface area contributed by atoms with Crippen molar-refractivity contribution in [3.63, 3.8) is 0 Å². The Balaban J connectivity index is 1.97. The van der Waals surface area contributed by atoms with E-state index >= 15 is 0 Å². The van der Waals surface area contributed by atoms with E-state index in [9.17, 15) is 18.0 Å². The van der Waals surface area contributed by atoms with Gasteiger partial charge >= 0.3 is 5.97 Å². The highest BCUT2D eigenvalue weighted by Gasteiger charge is 2.30. The molecule has 0 spiro atoms. The van der Waals surface area contributed by atoms with E-state index in [0.717, 1.165) is 12.8 Å². The molecule has 0 aromatic heterocycles. The first-order valence-corrected chi connectivity index (χ1v) is 10.3. The van der Waals surface area contributed by atoms with Crippen molar-refractivity contribution < 1.29 is 23.1 Å². The average Bonchev–Trinajstić information content (AvgIpc) is 2.62.